The van der Waals surface area contributed by atoms with E-state index >= 15 is 0 Å². The Bertz CT molecular complexity index is 413. The van der Waals surface area contributed by atoms with Gasteiger partial charge in [0.1, 0.15) is 5.15 Å². The van der Waals surface area contributed by atoms with Gasteiger partial charge in [0.15, 0.2) is 0 Å². The average molecular weight is 224 g/mol. The van der Waals surface area contributed by atoms with Crippen molar-refractivity contribution in [3.63, 3.8) is 0 Å². The van der Waals surface area contributed by atoms with E-state index in [-0.39, 0.29) is 6.04 Å². The van der Waals surface area contributed by atoms with Crippen LogP contribution in [-0.2, 0) is 0 Å². The largest absolute Gasteiger partial charge is 0.472 e. The van der Waals surface area contributed by atoms with Gasteiger partial charge in [0, 0.05) is 11.8 Å². The van der Waals surface area contributed by atoms with Crippen LogP contribution in [0.4, 0.5) is 0 Å². The van der Waals surface area contributed by atoms with Crippen LogP contribution < -0.4 is 11.3 Å². The topological polar surface area (TPSA) is 64.1 Å². The maximum Gasteiger partial charge on any atom is 0.129 e. The zero-order valence-corrected chi connectivity index (χ0v) is 8.61. The molecule has 0 amide bonds. The molecule has 3 N–H and O–H groups in total. The molecule has 0 radical (unpaired) electrons. The smallest absolute Gasteiger partial charge is 0.129 e. The minimum absolute atomic E-state index is 0.131. The monoisotopic (exact) mass is 223 g/mol. The van der Waals surface area contributed by atoms with Crippen molar-refractivity contribution >= 4 is 11.6 Å². The van der Waals surface area contributed by atoms with E-state index in [4.69, 9.17) is 21.9 Å². The molecule has 4 nitrogen and oxygen atoms in total. The standard InChI is InChI=1S/C10H10ClN3O/c11-9-2-1-7(5-13-9)10(14-12)8-3-4-15-6-8/h1-6,10,14H,12H2. The van der Waals surface area contributed by atoms with Gasteiger partial charge in [-0.3, -0.25) is 5.84 Å². The van der Waals surface area contributed by atoms with Gasteiger partial charge in [0.25, 0.3) is 0 Å². The number of nitrogens with two attached hydrogens (primary N) is 1. The minimum atomic E-state index is -0.131. The summed E-state index contributed by atoms with van der Waals surface area (Å²) in [6.07, 6.45) is 4.92. The van der Waals surface area contributed by atoms with Gasteiger partial charge in [-0.1, -0.05) is 17.7 Å². The number of rotatable bonds is 3. The first-order valence-electron chi connectivity index (χ1n) is 4.41. The third kappa shape index (κ3) is 2.18. The van der Waals surface area contributed by atoms with Crippen molar-refractivity contribution in [2.75, 3.05) is 0 Å². The molecule has 2 heterocycles. The Hall–Kier alpha value is -1.36. The van der Waals surface area contributed by atoms with Gasteiger partial charge in [-0.05, 0) is 17.7 Å². The molecule has 2 aromatic rings. The summed E-state index contributed by atoms with van der Waals surface area (Å²) in [4.78, 5) is 4.00. The Balaban J connectivity index is 2.31. The van der Waals surface area contributed by atoms with E-state index in [0.717, 1.165) is 11.1 Å². The molecule has 0 saturated heterocycles. The average Bonchev–Trinajstić information content (AvgIpc) is 2.75. The molecule has 0 aliphatic rings. The van der Waals surface area contributed by atoms with Crippen molar-refractivity contribution in [3.8, 4) is 0 Å². The van der Waals surface area contributed by atoms with Gasteiger partial charge in [-0.2, -0.15) is 0 Å². The summed E-state index contributed by atoms with van der Waals surface area (Å²) in [5.74, 6) is 5.48. The molecule has 5 heteroatoms. The summed E-state index contributed by atoms with van der Waals surface area (Å²) in [7, 11) is 0. The van der Waals surface area contributed by atoms with Crippen molar-refractivity contribution in [1.82, 2.24) is 10.4 Å². The highest BCUT2D eigenvalue weighted by Gasteiger charge is 2.13. The molecule has 0 bridgehead atoms. The lowest BCUT2D eigenvalue weighted by molar-refractivity contribution is 0.553. The second-order valence-corrected chi connectivity index (χ2v) is 3.46. The van der Waals surface area contributed by atoms with Crippen molar-refractivity contribution < 1.29 is 4.42 Å². The molecule has 1 unspecified atom stereocenters. The molecule has 0 saturated carbocycles. The lowest BCUT2D eigenvalue weighted by Gasteiger charge is -2.13. The van der Waals surface area contributed by atoms with E-state index in [2.05, 4.69) is 10.4 Å². The Morgan fingerprint density at radius 3 is 2.73 bits per heavy atom. The Morgan fingerprint density at radius 2 is 2.20 bits per heavy atom. The lowest BCUT2D eigenvalue weighted by Crippen LogP contribution is -2.28. The highest BCUT2D eigenvalue weighted by Crippen LogP contribution is 2.21. The summed E-state index contributed by atoms with van der Waals surface area (Å²) in [6, 6.07) is 5.31. The zero-order valence-electron chi connectivity index (χ0n) is 7.85. The van der Waals surface area contributed by atoms with Crippen LogP contribution in [0.1, 0.15) is 17.2 Å². The molecule has 1 atom stereocenters. The molecular weight excluding hydrogens is 214 g/mol. The molecule has 0 aromatic carbocycles. The van der Waals surface area contributed by atoms with Crippen LogP contribution in [0.5, 0.6) is 0 Å². The van der Waals surface area contributed by atoms with Crippen LogP contribution in [0.25, 0.3) is 0 Å². The fraction of sp³-hybridized carbons (Fsp3) is 0.100. The van der Waals surface area contributed by atoms with E-state index in [0.29, 0.717) is 5.15 Å². The van der Waals surface area contributed by atoms with E-state index in [9.17, 15) is 0 Å². The number of aromatic nitrogens is 1. The van der Waals surface area contributed by atoms with Crippen molar-refractivity contribution in [3.05, 3.63) is 53.2 Å². The quantitative estimate of drug-likeness (QED) is 0.474. The fourth-order valence-corrected chi connectivity index (χ4v) is 1.49. The highest BCUT2D eigenvalue weighted by atomic mass is 35.5. The number of nitrogens with one attached hydrogen (secondary N) is 1. The summed E-state index contributed by atoms with van der Waals surface area (Å²) in [5.41, 5.74) is 4.58. The number of hydrogen-bond donors (Lipinski definition) is 2. The van der Waals surface area contributed by atoms with Crippen molar-refractivity contribution in [2.45, 2.75) is 6.04 Å². The Labute approximate surface area is 92.0 Å². The third-order valence-corrected chi connectivity index (χ3v) is 2.35. The number of halogens is 1. The van der Waals surface area contributed by atoms with Crippen LogP contribution in [0.15, 0.2) is 41.3 Å². The van der Waals surface area contributed by atoms with Gasteiger partial charge in [0.2, 0.25) is 0 Å². The molecule has 0 aliphatic heterocycles. The zero-order chi connectivity index (χ0) is 10.7. The van der Waals surface area contributed by atoms with E-state index < -0.39 is 0 Å². The predicted molar refractivity (Wildman–Crippen MR) is 57.1 cm³/mol. The first-order chi connectivity index (χ1) is 7.31. The first-order valence-corrected chi connectivity index (χ1v) is 4.78. The molecule has 15 heavy (non-hydrogen) atoms. The number of furan rings is 1. The third-order valence-electron chi connectivity index (χ3n) is 2.13. The maximum absolute atomic E-state index is 5.70. The summed E-state index contributed by atoms with van der Waals surface area (Å²) >= 11 is 5.70. The van der Waals surface area contributed by atoms with Gasteiger partial charge in [-0.25, -0.2) is 10.4 Å². The summed E-state index contributed by atoms with van der Waals surface area (Å²) < 4.78 is 5.00. The molecule has 0 spiro atoms. The number of pyridine rings is 1. The van der Waals surface area contributed by atoms with E-state index in [1.807, 2.05) is 12.1 Å². The van der Waals surface area contributed by atoms with Gasteiger partial charge >= 0.3 is 0 Å². The molecular formula is C10H10ClN3O. The first kappa shape index (κ1) is 10.2. The summed E-state index contributed by atoms with van der Waals surface area (Å²) in [6.45, 7) is 0. The lowest BCUT2D eigenvalue weighted by atomic mass is 10.0. The van der Waals surface area contributed by atoms with Crippen LogP contribution in [0.2, 0.25) is 5.15 Å². The number of nitrogens with zero attached hydrogens (tertiary/aromatic N) is 1. The van der Waals surface area contributed by atoms with Crippen LogP contribution in [-0.4, -0.2) is 4.98 Å². The van der Waals surface area contributed by atoms with Crippen molar-refractivity contribution in [1.29, 1.82) is 0 Å². The van der Waals surface area contributed by atoms with E-state index in [1.54, 1.807) is 24.8 Å². The fourth-order valence-electron chi connectivity index (χ4n) is 1.38. The predicted octanol–water partition coefficient (Wildman–Crippen LogP) is 1.88. The van der Waals surface area contributed by atoms with Gasteiger partial charge < -0.3 is 4.42 Å². The minimum Gasteiger partial charge on any atom is -0.472 e. The SMILES string of the molecule is NNC(c1ccc(Cl)nc1)c1ccoc1. The van der Waals surface area contributed by atoms with Crippen LogP contribution >= 0.6 is 11.6 Å². The molecule has 2 aromatic heterocycles. The van der Waals surface area contributed by atoms with Gasteiger partial charge in [0.05, 0.1) is 18.6 Å². The Kier molecular flexibility index (Phi) is 3.01. The van der Waals surface area contributed by atoms with Gasteiger partial charge in [-0.15, -0.1) is 0 Å². The maximum atomic E-state index is 5.70. The second-order valence-electron chi connectivity index (χ2n) is 3.07. The van der Waals surface area contributed by atoms with Crippen LogP contribution in [0, 0.1) is 0 Å². The molecule has 0 aliphatic carbocycles. The Morgan fingerprint density at radius 1 is 1.33 bits per heavy atom. The molecule has 0 fully saturated rings. The number of hydrazine groups is 1. The number of hydrogen-bond acceptors (Lipinski definition) is 4. The normalized spacial score (nSPS) is 12.7. The molecule has 2 rings (SSSR count). The second kappa shape index (κ2) is 4.44. The van der Waals surface area contributed by atoms with Crippen molar-refractivity contribution in [2.24, 2.45) is 5.84 Å². The highest BCUT2D eigenvalue weighted by molar-refractivity contribution is 6.29. The summed E-state index contributed by atoms with van der Waals surface area (Å²) in [5, 5.41) is 0.460. The van der Waals surface area contributed by atoms with E-state index in [1.165, 1.54) is 0 Å². The van der Waals surface area contributed by atoms with Crippen LogP contribution in [0.3, 0.4) is 0 Å². The molecule has 78 valence electrons.